The summed E-state index contributed by atoms with van der Waals surface area (Å²) in [6.07, 6.45) is 5.06. The third kappa shape index (κ3) is 2.91. The molecule has 1 amide bonds. The van der Waals surface area contributed by atoms with Crippen LogP contribution in [0, 0.1) is 11.3 Å². The second kappa shape index (κ2) is 5.86. The number of amides is 1. The van der Waals surface area contributed by atoms with Gasteiger partial charge in [-0.3, -0.25) is 4.79 Å². The summed E-state index contributed by atoms with van der Waals surface area (Å²) in [6, 6.07) is 10.2. The standard InChI is InChI=1S/C18H21N3O2/c19-9-10-21(15-5-6-15)18(22)13-1-3-14(4-2-13)20-11-16-7-8-17(12-20)23-16/h1-4,15-17H,5-8,10-12H2. The van der Waals surface area contributed by atoms with Gasteiger partial charge in [-0.15, -0.1) is 0 Å². The number of nitrogens with zero attached hydrogens (tertiary/aromatic N) is 3. The molecule has 2 heterocycles. The van der Waals surface area contributed by atoms with Crippen molar-refractivity contribution in [3.63, 3.8) is 0 Å². The number of fused-ring (bicyclic) bond motifs is 2. The number of carbonyl (C=O) groups excluding carboxylic acids is 1. The molecule has 2 atom stereocenters. The van der Waals surface area contributed by atoms with Crippen molar-refractivity contribution in [1.82, 2.24) is 4.90 Å². The molecule has 2 bridgehead atoms. The number of nitriles is 1. The second-order valence-corrected chi connectivity index (χ2v) is 6.73. The summed E-state index contributed by atoms with van der Waals surface area (Å²) >= 11 is 0. The highest BCUT2D eigenvalue weighted by Gasteiger charge is 2.34. The minimum absolute atomic E-state index is 0.0253. The summed E-state index contributed by atoms with van der Waals surface area (Å²) in [5.74, 6) is -0.0253. The van der Waals surface area contributed by atoms with E-state index in [1.165, 1.54) is 0 Å². The lowest BCUT2D eigenvalue weighted by molar-refractivity contribution is 0.0305. The van der Waals surface area contributed by atoms with Gasteiger partial charge in [0, 0.05) is 30.4 Å². The summed E-state index contributed by atoms with van der Waals surface area (Å²) in [5, 5.41) is 8.92. The molecule has 3 fully saturated rings. The van der Waals surface area contributed by atoms with Gasteiger partial charge in [-0.05, 0) is 49.9 Å². The molecule has 1 aromatic rings. The lowest BCUT2D eigenvalue weighted by Gasteiger charge is -2.34. The monoisotopic (exact) mass is 311 g/mol. The molecular formula is C18H21N3O2. The van der Waals surface area contributed by atoms with E-state index >= 15 is 0 Å². The molecule has 2 unspecified atom stereocenters. The van der Waals surface area contributed by atoms with E-state index < -0.39 is 0 Å². The first kappa shape index (κ1) is 14.5. The van der Waals surface area contributed by atoms with Gasteiger partial charge in [-0.2, -0.15) is 5.26 Å². The number of hydrogen-bond donors (Lipinski definition) is 0. The van der Waals surface area contributed by atoms with Crippen LogP contribution in [0.15, 0.2) is 24.3 Å². The van der Waals surface area contributed by atoms with Crippen molar-refractivity contribution in [2.45, 2.75) is 43.9 Å². The van der Waals surface area contributed by atoms with Crippen molar-refractivity contribution in [3.8, 4) is 6.07 Å². The van der Waals surface area contributed by atoms with E-state index in [9.17, 15) is 4.79 Å². The van der Waals surface area contributed by atoms with E-state index in [-0.39, 0.29) is 18.5 Å². The Morgan fingerprint density at radius 3 is 2.39 bits per heavy atom. The van der Waals surface area contributed by atoms with Crippen LogP contribution in [-0.4, -0.2) is 48.7 Å². The van der Waals surface area contributed by atoms with Crippen molar-refractivity contribution < 1.29 is 9.53 Å². The maximum absolute atomic E-state index is 12.6. The molecule has 0 radical (unpaired) electrons. The number of hydrogen-bond acceptors (Lipinski definition) is 4. The normalized spacial score (nSPS) is 26.0. The summed E-state index contributed by atoms with van der Waals surface area (Å²) < 4.78 is 5.87. The Hall–Kier alpha value is -2.06. The second-order valence-electron chi connectivity index (χ2n) is 6.73. The van der Waals surface area contributed by atoms with Gasteiger partial charge in [-0.25, -0.2) is 0 Å². The average Bonchev–Trinajstić information content (AvgIpc) is 3.37. The van der Waals surface area contributed by atoms with E-state index in [0.29, 0.717) is 17.8 Å². The minimum atomic E-state index is -0.0253. The maximum atomic E-state index is 12.6. The molecule has 23 heavy (non-hydrogen) atoms. The van der Waals surface area contributed by atoms with E-state index in [1.54, 1.807) is 4.90 Å². The van der Waals surface area contributed by atoms with Gasteiger partial charge in [0.15, 0.2) is 0 Å². The lowest BCUT2D eigenvalue weighted by Crippen LogP contribution is -2.42. The van der Waals surface area contributed by atoms with E-state index in [0.717, 1.165) is 44.5 Å². The molecule has 1 aromatic carbocycles. The van der Waals surface area contributed by atoms with Crippen LogP contribution in [0.25, 0.3) is 0 Å². The van der Waals surface area contributed by atoms with Crippen LogP contribution in [0.5, 0.6) is 0 Å². The topological polar surface area (TPSA) is 56.6 Å². The number of rotatable bonds is 4. The predicted octanol–water partition coefficient (Wildman–Crippen LogP) is 2.18. The first-order chi connectivity index (χ1) is 11.2. The van der Waals surface area contributed by atoms with Crippen LogP contribution in [0.1, 0.15) is 36.0 Å². The van der Waals surface area contributed by atoms with E-state index in [1.807, 2.05) is 24.3 Å². The van der Waals surface area contributed by atoms with Gasteiger partial charge in [0.2, 0.25) is 0 Å². The summed E-state index contributed by atoms with van der Waals surface area (Å²) in [5.41, 5.74) is 1.83. The number of anilines is 1. The van der Waals surface area contributed by atoms with Crippen LogP contribution < -0.4 is 4.90 Å². The Labute approximate surface area is 136 Å². The van der Waals surface area contributed by atoms with Gasteiger partial charge >= 0.3 is 0 Å². The quantitative estimate of drug-likeness (QED) is 0.800. The average molecular weight is 311 g/mol. The van der Waals surface area contributed by atoms with E-state index in [4.69, 9.17) is 10.00 Å². The zero-order valence-electron chi connectivity index (χ0n) is 13.1. The first-order valence-corrected chi connectivity index (χ1v) is 8.43. The molecular weight excluding hydrogens is 290 g/mol. The fourth-order valence-electron chi connectivity index (χ4n) is 3.64. The van der Waals surface area contributed by atoms with E-state index in [2.05, 4.69) is 11.0 Å². The minimum Gasteiger partial charge on any atom is -0.371 e. The third-order valence-corrected chi connectivity index (χ3v) is 5.01. The van der Waals surface area contributed by atoms with Gasteiger partial charge in [0.05, 0.1) is 18.3 Å². The molecule has 120 valence electrons. The molecule has 0 spiro atoms. The Kier molecular flexibility index (Phi) is 3.70. The first-order valence-electron chi connectivity index (χ1n) is 8.43. The number of morpholine rings is 1. The van der Waals surface area contributed by atoms with Crippen molar-refractivity contribution in [2.75, 3.05) is 24.5 Å². The van der Waals surface area contributed by atoms with Crippen LogP contribution in [0.2, 0.25) is 0 Å². The molecule has 1 aliphatic carbocycles. The lowest BCUT2D eigenvalue weighted by atomic mass is 10.1. The van der Waals surface area contributed by atoms with Crippen LogP contribution in [0.4, 0.5) is 5.69 Å². The smallest absolute Gasteiger partial charge is 0.254 e. The Morgan fingerprint density at radius 2 is 1.83 bits per heavy atom. The molecule has 5 heteroatoms. The molecule has 0 N–H and O–H groups in total. The third-order valence-electron chi connectivity index (χ3n) is 5.01. The molecule has 0 aromatic heterocycles. The zero-order chi connectivity index (χ0) is 15.8. The van der Waals surface area contributed by atoms with Gasteiger partial charge in [0.25, 0.3) is 5.91 Å². The molecule has 3 aliphatic rings. The van der Waals surface area contributed by atoms with Crippen molar-refractivity contribution in [2.24, 2.45) is 0 Å². The van der Waals surface area contributed by atoms with Crippen molar-refractivity contribution >= 4 is 11.6 Å². The highest BCUT2D eigenvalue weighted by Crippen LogP contribution is 2.31. The fourth-order valence-corrected chi connectivity index (χ4v) is 3.64. The number of benzene rings is 1. The summed E-state index contributed by atoms with van der Waals surface area (Å²) in [7, 11) is 0. The SMILES string of the molecule is N#CCN(C(=O)c1ccc(N2CC3CCC(C2)O3)cc1)C1CC1. The highest BCUT2D eigenvalue weighted by molar-refractivity contribution is 5.95. The number of ether oxygens (including phenoxy) is 1. The van der Waals surface area contributed by atoms with Gasteiger partial charge in [-0.1, -0.05) is 0 Å². The zero-order valence-corrected chi connectivity index (χ0v) is 13.1. The van der Waals surface area contributed by atoms with Crippen LogP contribution in [0.3, 0.4) is 0 Å². The van der Waals surface area contributed by atoms with Crippen LogP contribution >= 0.6 is 0 Å². The number of carbonyl (C=O) groups is 1. The predicted molar refractivity (Wildman–Crippen MR) is 86.2 cm³/mol. The van der Waals surface area contributed by atoms with Gasteiger partial charge in [0.1, 0.15) is 6.54 Å². The van der Waals surface area contributed by atoms with Crippen molar-refractivity contribution in [1.29, 1.82) is 5.26 Å². The highest BCUT2D eigenvalue weighted by atomic mass is 16.5. The Balaban J connectivity index is 1.47. The van der Waals surface area contributed by atoms with Crippen molar-refractivity contribution in [3.05, 3.63) is 29.8 Å². The molecule has 2 aliphatic heterocycles. The summed E-state index contributed by atoms with van der Waals surface area (Å²) in [6.45, 7) is 2.05. The molecule has 5 nitrogen and oxygen atoms in total. The van der Waals surface area contributed by atoms with Crippen LogP contribution in [-0.2, 0) is 4.74 Å². The molecule has 1 saturated carbocycles. The Bertz CT molecular complexity index is 621. The Morgan fingerprint density at radius 1 is 1.17 bits per heavy atom. The fraction of sp³-hybridized carbons (Fsp3) is 0.556. The maximum Gasteiger partial charge on any atom is 0.254 e. The molecule has 4 rings (SSSR count). The van der Waals surface area contributed by atoms with Gasteiger partial charge < -0.3 is 14.5 Å². The largest absolute Gasteiger partial charge is 0.371 e. The molecule has 2 saturated heterocycles. The summed E-state index contributed by atoms with van der Waals surface area (Å²) in [4.78, 5) is 16.6.